The van der Waals surface area contributed by atoms with E-state index in [-0.39, 0.29) is 0 Å². The molecule has 0 spiro atoms. The molecule has 0 aliphatic carbocycles. The summed E-state index contributed by atoms with van der Waals surface area (Å²) in [6, 6.07) is 10.4. The van der Waals surface area contributed by atoms with Crippen LogP contribution in [0.25, 0.3) is 12.2 Å². The van der Waals surface area contributed by atoms with Crippen molar-refractivity contribution in [3.05, 3.63) is 59.4 Å². The molecule has 2 aromatic rings. The zero-order valence-corrected chi connectivity index (χ0v) is 11.1. The topological polar surface area (TPSA) is 13.1 Å². The molecule has 2 heteroatoms. The van der Waals surface area contributed by atoms with Gasteiger partial charge in [0.25, 0.3) is 0 Å². The average molecular weight is 240 g/mol. The maximum atomic E-state index is 5.32. The Hall–Kier alpha value is -2.09. The van der Waals surface area contributed by atoms with Crippen molar-refractivity contribution in [1.82, 2.24) is 0 Å². The standard InChI is InChI=1S/C16H18NO/c1-13-4-5-15(12-16(13)18-3)7-6-14-8-10-17(2)11-9-14/h4-12H,1-3H3/q+1/b7-6+. The molecule has 0 bridgehead atoms. The second-order valence-corrected chi connectivity index (χ2v) is 4.36. The Labute approximate surface area is 108 Å². The molecule has 0 saturated heterocycles. The molecule has 2 nitrogen and oxygen atoms in total. The van der Waals surface area contributed by atoms with Gasteiger partial charge in [-0.25, -0.2) is 4.57 Å². The van der Waals surface area contributed by atoms with Gasteiger partial charge in [0.1, 0.15) is 12.8 Å². The predicted molar refractivity (Wildman–Crippen MR) is 74.3 cm³/mol. The fraction of sp³-hybridized carbons (Fsp3) is 0.188. The summed E-state index contributed by atoms with van der Waals surface area (Å²) in [7, 11) is 3.71. The summed E-state index contributed by atoms with van der Waals surface area (Å²) in [5.74, 6) is 0.927. The fourth-order valence-corrected chi connectivity index (χ4v) is 1.76. The van der Waals surface area contributed by atoms with Crippen molar-refractivity contribution < 1.29 is 9.30 Å². The van der Waals surface area contributed by atoms with E-state index in [1.807, 2.05) is 30.9 Å². The van der Waals surface area contributed by atoms with E-state index in [0.717, 1.165) is 16.9 Å². The van der Waals surface area contributed by atoms with Crippen molar-refractivity contribution in [3.8, 4) is 5.75 Å². The van der Waals surface area contributed by atoms with Crippen molar-refractivity contribution in [2.75, 3.05) is 7.11 Å². The van der Waals surface area contributed by atoms with Crippen LogP contribution in [0.4, 0.5) is 0 Å². The van der Waals surface area contributed by atoms with Gasteiger partial charge in [0.15, 0.2) is 12.4 Å². The van der Waals surface area contributed by atoms with Crippen LogP contribution in [0.15, 0.2) is 42.7 Å². The maximum Gasteiger partial charge on any atom is 0.169 e. The van der Waals surface area contributed by atoms with Crippen molar-refractivity contribution in [3.63, 3.8) is 0 Å². The van der Waals surface area contributed by atoms with Gasteiger partial charge in [0.05, 0.1) is 7.11 Å². The lowest BCUT2D eigenvalue weighted by Gasteiger charge is -2.04. The molecule has 1 aromatic heterocycles. The van der Waals surface area contributed by atoms with E-state index >= 15 is 0 Å². The minimum absolute atomic E-state index is 0.927. The van der Waals surface area contributed by atoms with Crippen molar-refractivity contribution >= 4 is 12.2 Å². The summed E-state index contributed by atoms with van der Waals surface area (Å²) >= 11 is 0. The van der Waals surface area contributed by atoms with Crippen LogP contribution in [-0.2, 0) is 7.05 Å². The maximum absolute atomic E-state index is 5.32. The highest BCUT2D eigenvalue weighted by Gasteiger charge is 1.98. The number of pyridine rings is 1. The molecule has 1 aromatic carbocycles. The Morgan fingerprint density at radius 2 is 1.67 bits per heavy atom. The van der Waals surface area contributed by atoms with Gasteiger partial charge in [-0.2, -0.15) is 0 Å². The average Bonchev–Trinajstić information content (AvgIpc) is 2.39. The van der Waals surface area contributed by atoms with Gasteiger partial charge in [-0.3, -0.25) is 0 Å². The van der Waals surface area contributed by atoms with Crippen LogP contribution in [0.1, 0.15) is 16.7 Å². The summed E-state index contributed by atoms with van der Waals surface area (Å²) in [4.78, 5) is 0. The number of benzene rings is 1. The molecule has 2 rings (SSSR count). The summed E-state index contributed by atoms with van der Waals surface area (Å²) in [5, 5.41) is 0. The predicted octanol–water partition coefficient (Wildman–Crippen LogP) is 3.00. The Morgan fingerprint density at radius 3 is 2.33 bits per heavy atom. The van der Waals surface area contributed by atoms with Gasteiger partial charge < -0.3 is 4.74 Å². The third-order valence-corrected chi connectivity index (χ3v) is 2.90. The second-order valence-electron chi connectivity index (χ2n) is 4.36. The zero-order valence-electron chi connectivity index (χ0n) is 11.1. The molecular weight excluding hydrogens is 222 g/mol. The zero-order chi connectivity index (χ0) is 13.0. The van der Waals surface area contributed by atoms with Crippen LogP contribution in [0.5, 0.6) is 5.75 Å². The van der Waals surface area contributed by atoms with Crippen molar-refractivity contribution in [2.45, 2.75) is 6.92 Å². The van der Waals surface area contributed by atoms with E-state index in [0.29, 0.717) is 0 Å². The second kappa shape index (κ2) is 5.50. The first-order valence-corrected chi connectivity index (χ1v) is 5.97. The van der Waals surface area contributed by atoms with Gasteiger partial charge in [-0.15, -0.1) is 0 Å². The van der Waals surface area contributed by atoms with Crippen LogP contribution in [0.2, 0.25) is 0 Å². The van der Waals surface area contributed by atoms with E-state index in [9.17, 15) is 0 Å². The largest absolute Gasteiger partial charge is 0.496 e. The highest BCUT2D eigenvalue weighted by molar-refractivity contribution is 5.70. The normalized spacial score (nSPS) is 10.8. The third-order valence-electron chi connectivity index (χ3n) is 2.90. The molecule has 0 fully saturated rings. The van der Waals surface area contributed by atoms with Gasteiger partial charge >= 0.3 is 0 Å². The SMILES string of the molecule is COc1cc(/C=C/c2cc[n+](C)cc2)ccc1C. The summed E-state index contributed by atoms with van der Waals surface area (Å²) in [5.41, 5.74) is 3.49. The number of rotatable bonds is 3. The Morgan fingerprint density at radius 1 is 1.00 bits per heavy atom. The molecule has 0 saturated carbocycles. The lowest BCUT2D eigenvalue weighted by atomic mass is 10.1. The molecule has 0 radical (unpaired) electrons. The number of aromatic nitrogens is 1. The Kier molecular flexibility index (Phi) is 3.78. The molecule has 1 heterocycles. The molecule has 0 amide bonds. The molecule has 0 atom stereocenters. The summed E-state index contributed by atoms with van der Waals surface area (Å²) in [6.45, 7) is 2.05. The van der Waals surface area contributed by atoms with Crippen LogP contribution >= 0.6 is 0 Å². The van der Waals surface area contributed by atoms with Crippen molar-refractivity contribution in [2.24, 2.45) is 7.05 Å². The van der Waals surface area contributed by atoms with Crippen LogP contribution in [0, 0.1) is 6.92 Å². The quantitative estimate of drug-likeness (QED) is 0.752. The highest BCUT2D eigenvalue weighted by atomic mass is 16.5. The van der Waals surface area contributed by atoms with E-state index in [2.05, 4.69) is 42.5 Å². The fourth-order valence-electron chi connectivity index (χ4n) is 1.76. The summed E-state index contributed by atoms with van der Waals surface area (Å²) < 4.78 is 7.34. The number of nitrogens with zero attached hydrogens (tertiary/aromatic N) is 1. The lowest BCUT2D eigenvalue weighted by Crippen LogP contribution is -2.25. The molecule has 92 valence electrons. The molecule has 0 aliphatic rings. The van der Waals surface area contributed by atoms with E-state index in [1.165, 1.54) is 5.56 Å². The minimum Gasteiger partial charge on any atom is -0.496 e. The van der Waals surface area contributed by atoms with E-state index in [1.54, 1.807) is 7.11 Å². The molecule has 0 aliphatic heterocycles. The first-order valence-electron chi connectivity index (χ1n) is 5.97. The molecule has 18 heavy (non-hydrogen) atoms. The van der Waals surface area contributed by atoms with Gasteiger partial charge in [0.2, 0.25) is 0 Å². The number of hydrogen-bond donors (Lipinski definition) is 0. The number of aryl methyl sites for hydroxylation is 2. The first-order chi connectivity index (χ1) is 8.69. The van der Waals surface area contributed by atoms with E-state index in [4.69, 9.17) is 4.74 Å². The number of hydrogen-bond acceptors (Lipinski definition) is 1. The number of methoxy groups -OCH3 is 1. The smallest absolute Gasteiger partial charge is 0.169 e. The van der Waals surface area contributed by atoms with Crippen LogP contribution in [-0.4, -0.2) is 7.11 Å². The van der Waals surface area contributed by atoms with E-state index < -0.39 is 0 Å². The number of ether oxygens (including phenoxy) is 1. The molecule has 0 N–H and O–H groups in total. The van der Waals surface area contributed by atoms with Gasteiger partial charge in [-0.1, -0.05) is 24.3 Å². The summed E-state index contributed by atoms with van der Waals surface area (Å²) in [6.07, 6.45) is 8.27. The third kappa shape index (κ3) is 2.98. The lowest BCUT2D eigenvalue weighted by molar-refractivity contribution is -0.671. The van der Waals surface area contributed by atoms with Crippen LogP contribution < -0.4 is 9.30 Å². The highest BCUT2D eigenvalue weighted by Crippen LogP contribution is 2.20. The van der Waals surface area contributed by atoms with Gasteiger partial charge in [0, 0.05) is 12.1 Å². The van der Waals surface area contributed by atoms with Gasteiger partial charge in [-0.05, 0) is 29.7 Å². The Balaban J connectivity index is 2.20. The molecular formula is C16H18NO+. The molecule has 0 unspecified atom stereocenters. The van der Waals surface area contributed by atoms with Crippen LogP contribution in [0.3, 0.4) is 0 Å². The minimum atomic E-state index is 0.927. The van der Waals surface area contributed by atoms with Crippen molar-refractivity contribution in [1.29, 1.82) is 0 Å². The first kappa shape index (κ1) is 12.4. The Bertz CT molecular complexity index is 556. The monoisotopic (exact) mass is 240 g/mol.